The van der Waals surface area contributed by atoms with E-state index < -0.39 is 0 Å². The van der Waals surface area contributed by atoms with Crippen LogP contribution in [0, 0.1) is 0 Å². The summed E-state index contributed by atoms with van der Waals surface area (Å²) in [5, 5.41) is 5.62. The average Bonchev–Trinajstić information content (AvgIpc) is 3.27. The Balaban J connectivity index is 1.69. The summed E-state index contributed by atoms with van der Waals surface area (Å²) >= 11 is 0. The number of rotatable bonds is 4. The van der Waals surface area contributed by atoms with E-state index in [1.807, 2.05) is 29.1 Å². The smallest absolute Gasteiger partial charge is 0.150 e. The van der Waals surface area contributed by atoms with Crippen molar-refractivity contribution in [2.24, 2.45) is 0 Å². The fourth-order valence-corrected chi connectivity index (χ4v) is 2.89. The standard InChI is InChI=1S/C18H16N2O/c21-12-13-5-8-18-16(9-13)11-20(19-18)10-15-3-1-2-4-17(15)14-6-7-14/h1-5,8-9,11-12,14H,6-7,10H2. The third-order valence-corrected chi connectivity index (χ3v) is 4.12. The molecule has 0 saturated heterocycles. The fourth-order valence-electron chi connectivity index (χ4n) is 2.89. The Morgan fingerprint density at radius 2 is 2.05 bits per heavy atom. The number of carbonyl (C=O) groups excluding carboxylic acids is 1. The molecule has 0 bridgehead atoms. The first-order valence-corrected chi connectivity index (χ1v) is 7.34. The largest absolute Gasteiger partial charge is 0.298 e. The molecule has 1 aliphatic carbocycles. The van der Waals surface area contributed by atoms with Gasteiger partial charge < -0.3 is 0 Å². The molecule has 0 unspecified atom stereocenters. The van der Waals surface area contributed by atoms with Gasteiger partial charge in [0.1, 0.15) is 6.29 Å². The van der Waals surface area contributed by atoms with Crippen molar-refractivity contribution < 1.29 is 4.79 Å². The number of fused-ring (bicyclic) bond motifs is 1. The molecule has 0 radical (unpaired) electrons. The molecular formula is C18H16N2O. The number of hydrogen-bond acceptors (Lipinski definition) is 2. The molecule has 0 atom stereocenters. The van der Waals surface area contributed by atoms with Crippen molar-refractivity contribution in [3.63, 3.8) is 0 Å². The monoisotopic (exact) mass is 276 g/mol. The Morgan fingerprint density at radius 1 is 1.19 bits per heavy atom. The molecule has 0 spiro atoms. The van der Waals surface area contributed by atoms with E-state index in [4.69, 9.17) is 0 Å². The highest BCUT2D eigenvalue weighted by molar-refractivity contribution is 5.86. The van der Waals surface area contributed by atoms with Crippen LogP contribution in [0.3, 0.4) is 0 Å². The molecule has 2 aromatic carbocycles. The van der Waals surface area contributed by atoms with Gasteiger partial charge in [0, 0.05) is 17.1 Å². The third kappa shape index (κ3) is 2.35. The van der Waals surface area contributed by atoms with E-state index in [1.165, 1.54) is 24.0 Å². The lowest BCUT2D eigenvalue weighted by molar-refractivity contribution is 0.112. The molecule has 21 heavy (non-hydrogen) atoms. The van der Waals surface area contributed by atoms with Gasteiger partial charge in [-0.25, -0.2) is 0 Å². The lowest BCUT2D eigenvalue weighted by Crippen LogP contribution is -2.02. The van der Waals surface area contributed by atoms with Crippen LogP contribution in [-0.2, 0) is 6.54 Å². The minimum Gasteiger partial charge on any atom is -0.298 e. The number of carbonyl (C=O) groups is 1. The van der Waals surface area contributed by atoms with Gasteiger partial charge in [0.05, 0.1) is 12.1 Å². The molecule has 0 aliphatic heterocycles. The zero-order valence-corrected chi connectivity index (χ0v) is 11.7. The van der Waals surface area contributed by atoms with Crippen LogP contribution in [0.4, 0.5) is 0 Å². The molecule has 1 fully saturated rings. The van der Waals surface area contributed by atoms with Crippen LogP contribution in [0.1, 0.15) is 40.2 Å². The second kappa shape index (κ2) is 4.85. The Morgan fingerprint density at radius 3 is 2.86 bits per heavy atom. The molecule has 1 saturated carbocycles. The summed E-state index contributed by atoms with van der Waals surface area (Å²) in [5.41, 5.74) is 4.44. The van der Waals surface area contributed by atoms with Gasteiger partial charge in [0.2, 0.25) is 0 Å². The van der Waals surface area contributed by atoms with E-state index in [-0.39, 0.29) is 0 Å². The molecular weight excluding hydrogens is 260 g/mol. The van der Waals surface area contributed by atoms with Crippen molar-refractivity contribution in [2.45, 2.75) is 25.3 Å². The first-order valence-electron chi connectivity index (χ1n) is 7.34. The minimum atomic E-state index is 0.695. The van der Waals surface area contributed by atoms with Crippen LogP contribution >= 0.6 is 0 Å². The lowest BCUT2D eigenvalue weighted by Gasteiger charge is -2.08. The van der Waals surface area contributed by atoms with Gasteiger partial charge >= 0.3 is 0 Å². The molecule has 1 aromatic heterocycles. The summed E-state index contributed by atoms with van der Waals surface area (Å²) in [5.74, 6) is 0.743. The maximum absolute atomic E-state index is 10.8. The fraction of sp³-hybridized carbons (Fsp3) is 0.222. The average molecular weight is 276 g/mol. The summed E-state index contributed by atoms with van der Waals surface area (Å²) in [6.07, 6.45) is 5.51. The second-order valence-electron chi connectivity index (χ2n) is 5.74. The molecule has 0 amide bonds. The zero-order valence-electron chi connectivity index (χ0n) is 11.7. The quantitative estimate of drug-likeness (QED) is 0.680. The SMILES string of the molecule is O=Cc1ccc2nn(Cc3ccccc3C3CC3)cc2c1. The van der Waals surface area contributed by atoms with E-state index in [0.717, 1.165) is 29.7 Å². The topological polar surface area (TPSA) is 34.9 Å². The summed E-state index contributed by atoms with van der Waals surface area (Å²) in [6, 6.07) is 14.2. The second-order valence-corrected chi connectivity index (χ2v) is 5.74. The number of benzene rings is 2. The van der Waals surface area contributed by atoms with Gasteiger partial charge in [-0.3, -0.25) is 9.48 Å². The van der Waals surface area contributed by atoms with Crippen molar-refractivity contribution in [1.82, 2.24) is 9.78 Å². The molecule has 0 N–H and O–H groups in total. The van der Waals surface area contributed by atoms with Crippen molar-refractivity contribution >= 4 is 17.2 Å². The van der Waals surface area contributed by atoms with Crippen molar-refractivity contribution in [3.05, 3.63) is 65.4 Å². The lowest BCUT2D eigenvalue weighted by atomic mass is 10.0. The van der Waals surface area contributed by atoms with Gasteiger partial charge in [-0.1, -0.05) is 24.3 Å². The molecule has 3 nitrogen and oxygen atoms in total. The molecule has 3 aromatic rings. The first kappa shape index (κ1) is 12.3. The van der Waals surface area contributed by atoms with Gasteiger partial charge in [-0.15, -0.1) is 0 Å². The van der Waals surface area contributed by atoms with Crippen LogP contribution in [-0.4, -0.2) is 16.1 Å². The van der Waals surface area contributed by atoms with E-state index in [1.54, 1.807) is 0 Å². The Hall–Kier alpha value is -2.42. The van der Waals surface area contributed by atoms with E-state index in [0.29, 0.717) is 5.56 Å². The molecule has 1 heterocycles. The number of aldehydes is 1. The maximum Gasteiger partial charge on any atom is 0.150 e. The van der Waals surface area contributed by atoms with Crippen molar-refractivity contribution in [2.75, 3.05) is 0 Å². The predicted molar refractivity (Wildman–Crippen MR) is 82.6 cm³/mol. The number of aromatic nitrogens is 2. The zero-order chi connectivity index (χ0) is 14.2. The van der Waals surface area contributed by atoms with E-state index >= 15 is 0 Å². The first-order chi connectivity index (χ1) is 10.3. The Bertz CT molecular complexity index is 815. The highest BCUT2D eigenvalue weighted by Gasteiger charge is 2.25. The van der Waals surface area contributed by atoms with Gasteiger partial charge in [-0.05, 0) is 48.1 Å². The third-order valence-electron chi connectivity index (χ3n) is 4.12. The number of hydrogen-bond donors (Lipinski definition) is 0. The van der Waals surface area contributed by atoms with E-state index in [2.05, 4.69) is 29.4 Å². The Kier molecular flexibility index (Phi) is 2.85. The van der Waals surface area contributed by atoms with Crippen LogP contribution < -0.4 is 0 Å². The number of nitrogens with zero attached hydrogens (tertiary/aromatic N) is 2. The summed E-state index contributed by atoms with van der Waals surface area (Å²) in [4.78, 5) is 10.8. The van der Waals surface area contributed by atoms with Crippen LogP contribution in [0.15, 0.2) is 48.7 Å². The minimum absolute atomic E-state index is 0.695. The normalized spacial score (nSPS) is 14.5. The van der Waals surface area contributed by atoms with Crippen LogP contribution in [0.2, 0.25) is 0 Å². The van der Waals surface area contributed by atoms with Crippen molar-refractivity contribution in [3.8, 4) is 0 Å². The van der Waals surface area contributed by atoms with Crippen molar-refractivity contribution in [1.29, 1.82) is 0 Å². The highest BCUT2D eigenvalue weighted by atomic mass is 16.1. The Labute approximate surface area is 123 Å². The van der Waals surface area contributed by atoms with Gasteiger partial charge in [0.25, 0.3) is 0 Å². The highest BCUT2D eigenvalue weighted by Crippen LogP contribution is 2.41. The summed E-state index contributed by atoms with van der Waals surface area (Å²) in [7, 11) is 0. The molecule has 3 heteroatoms. The van der Waals surface area contributed by atoms with Crippen LogP contribution in [0.25, 0.3) is 10.9 Å². The maximum atomic E-state index is 10.8. The summed E-state index contributed by atoms with van der Waals surface area (Å²) in [6.45, 7) is 0.789. The van der Waals surface area contributed by atoms with Crippen LogP contribution in [0.5, 0.6) is 0 Å². The summed E-state index contributed by atoms with van der Waals surface area (Å²) < 4.78 is 1.97. The molecule has 1 aliphatic rings. The molecule has 4 rings (SSSR count). The van der Waals surface area contributed by atoms with E-state index in [9.17, 15) is 4.79 Å². The van der Waals surface area contributed by atoms with Gasteiger partial charge in [0.15, 0.2) is 0 Å². The predicted octanol–water partition coefficient (Wildman–Crippen LogP) is 3.77. The molecule has 104 valence electrons. The van der Waals surface area contributed by atoms with Gasteiger partial charge in [-0.2, -0.15) is 5.10 Å².